The second-order valence-corrected chi connectivity index (χ2v) is 5.38. The molecule has 1 N–H and O–H groups in total. The molecule has 0 saturated heterocycles. The van der Waals surface area contributed by atoms with Crippen molar-refractivity contribution in [2.24, 2.45) is 11.3 Å². The first-order valence-electron chi connectivity index (χ1n) is 6.18. The normalized spacial score (nSPS) is 25.6. The van der Waals surface area contributed by atoms with Crippen LogP contribution in [-0.4, -0.2) is 21.3 Å². The molecule has 2 rings (SSSR count). The van der Waals surface area contributed by atoms with E-state index in [9.17, 15) is 0 Å². The van der Waals surface area contributed by atoms with Crippen molar-refractivity contribution in [1.29, 1.82) is 0 Å². The van der Waals surface area contributed by atoms with E-state index in [4.69, 9.17) is 0 Å². The van der Waals surface area contributed by atoms with E-state index in [1.54, 1.807) is 0 Å². The second kappa shape index (κ2) is 4.17. The van der Waals surface area contributed by atoms with E-state index in [0.717, 1.165) is 37.7 Å². The van der Waals surface area contributed by atoms with E-state index in [-0.39, 0.29) is 5.41 Å². The maximum atomic E-state index is 4.26. The number of hydrogen-bond donors (Lipinski definition) is 1. The van der Waals surface area contributed by atoms with Gasteiger partial charge in [0.1, 0.15) is 11.6 Å². The van der Waals surface area contributed by atoms with Gasteiger partial charge in [0.2, 0.25) is 0 Å². The largest absolute Gasteiger partial charge is 0.313 e. The molecule has 0 fully saturated rings. The Morgan fingerprint density at radius 3 is 2.81 bits per heavy atom. The first kappa shape index (κ1) is 11.6. The van der Waals surface area contributed by atoms with Crippen molar-refractivity contribution >= 4 is 0 Å². The highest BCUT2D eigenvalue weighted by Gasteiger charge is 2.32. The zero-order chi connectivity index (χ0) is 11.8. The van der Waals surface area contributed by atoms with Crippen LogP contribution >= 0.6 is 0 Å². The van der Waals surface area contributed by atoms with Gasteiger partial charge in [0.15, 0.2) is 0 Å². The van der Waals surface area contributed by atoms with Gasteiger partial charge in [-0.2, -0.15) is 0 Å². The van der Waals surface area contributed by atoms with Gasteiger partial charge in [-0.05, 0) is 5.92 Å². The van der Waals surface area contributed by atoms with Crippen LogP contribution in [0.1, 0.15) is 39.3 Å². The van der Waals surface area contributed by atoms with E-state index >= 15 is 0 Å². The van der Waals surface area contributed by atoms with Crippen LogP contribution < -0.4 is 5.32 Å². The first-order valence-corrected chi connectivity index (χ1v) is 6.18. The molecule has 1 aromatic rings. The summed E-state index contributed by atoms with van der Waals surface area (Å²) >= 11 is 0. The predicted octanol–water partition coefficient (Wildman–Crippen LogP) is 1.61. The molecule has 4 heteroatoms. The molecule has 1 aliphatic rings. The van der Waals surface area contributed by atoms with Crippen LogP contribution in [0.3, 0.4) is 0 Å². The van der Waals surface area contributed by atoms with Crippen molar-refractivity contribution in [1.82, 2.24) is 20.1 Å². The number of nitrogens with zero attached hydrogens (tertiary/aromatic N) is 3. The van der Waals surface area contributed by atoms with Crippen molar-refractivity contribution in [3.05, 3.63) is 11.6 Å². The standard InChI is InChI=1S/C12H22N4/c1-5-10-14-15-11-6-13-7-12(4,9(2)3)8-16(10)11/h9,13H,5-8H2,1-4H3. The van der Waals surface area contributed by atoms with Gasteiger partial charge in [-0.1, -0.05) is 27.7 Å². The lowest BCUT2D eigenvalue weighted by atomic mass is 9.79. The average molecular weight is 222 g/mol. The third-order valence-electron chi connectivity index (χ3n) is 3.95. The minimum absolute atomic E-state index is 0.289. The Labute approximate surface area is 97.5 Å². The zero-order valence-corrected chi connectivity index (χ0v) is 10.7. The van der Waals surface area contributed by atoms with Crippen LogP contribution in [0, 0.1) is 11.3 Å². The van der Waals surface area contributed by atoms with E-state index in [0.29, 0.717) is 5.92 Å². The minimum atomic E-state index is 0.289. The third-order valence-corrected chi connectivity index (χ3v) is 3.95. The smallest absolute Gasteiger partial charge is 0.147 e. The van der Waals surface area contributed by atoms with E-state index in [2.05, 4.69) is 47.8 Å². The van der Waals surface area contributed by atoms with Crippen molar-refractivity contribution in [2.45, 2.75) is 47.2 Å². The van der Waals surface area contributed by atoms with Crippen LogP contribution in [0.15, 0.2) is 0 Å². The highest BCUT2D eigenvalue weighted by molar-refractivity contribution is 5.00. The monoisotopic (exact) mass is 222 g/mol. The first-order chi connectivity index (χ1) is 7.57. The molecule has 0 saturated carbocycles. The van der Waals surface area contributed by atoms with Crippen LogP contribution in [0.4, 0.5) is 0 Å². The molecule has 0 radical (unpaired) electrons. The summed E-state index contributed by atoms with van der Waals surface area (Å²) in [5.74, 6) is 2.85. The Morgan fingerprint density at radius 1 is 1.44 bits per heavy atom. The summed E-state index contributed by atoms with van der Waals surface area (Å²) in [6, 6.07) is 0. The number of fused-ring (bicyclic) bond motifs is 1. The molecular formula is C12H22N4. The molecule has 1 aliphatic heterocycles. The maximum absolute atomic E-state index is 4.26. The fraction of sp³-hybridized carbons (Fsp3) is 0.833. The highest BCUT2D eigenvalue weighted by Crippen LogP contribution is 2.30. The molecule has 1 unspecified atom stereocenters. The molecule has 0 aliphatic carbocycles. The third kappa shape index (κ3) is 1.86. The summed E-state index contributed by atoms with van der Waals surface area (Å²) in [4.78, 5) is 0. The Kier molecular flexibility index (Phi) is 3.02. The highest BCUT2D eigenvalue weighted by atomic mass is 15.3. The molecule has 4 nitrogen and oxygen atoms in total. The molecule has 0 spiro atoms. The van der Waals surface area contributed by atoms with Crippen molar-refractivity contribution in [3.63, 3.8) is 0 Å². The zero-order valence-electron chi connectivity index (χ0n) is 10.7. The lowest BCUT2D eigenvalue weighted by Gasteiger charge is -2.33. The predicted molar refractivity (Wildman–Crippen MR) is 64.1 cm³/mol. The molecule has 2 heterocycles. The van der Waals surface area contributed by atoms with Gasteiger partial charge >= 0.3 is 0 Å². The summed E-state index contributed by atoms with van der Waals surface area (Å²) in [6.07, 6.45) is 0.959. The summed E-state index contributed by atoms with van der Waals surface area (Å²) in [6.45, 7) is 12.0. The second-order valence-electron chi connectivity index (χ2n) is 5.38. The molecule has 1 aromatic heterocycles. The number of aromatic nitrogens is 3. The molecule has 0 amide bonds. The molecular weight excluding hydrogens is 200 g/mol. The van der Waals surface area contributed by atoms with Gasteiger partial charge in [0, 0.05) is 24.9 Å². The van der Waals surface area contributed by atoms with Gasteiger partial charge in [0.25, 0.3) is 0 Å². The molecule has 16 heavy (non-hydrogen) atoms. The fourth-order valence-corrected chi connectivity index (χ4v) is 2.21. The minimum Gasteiger partial charge on any atom is -0.313 e. The lowest BCUT2D eigenvalue weighted by molar-refractivity contribution is 0.183. The fourth-order valence-electron chi connectivity index (χ4n) is 2.21. The van der Waals surface area contributed by atoms with Crippen LogP contribution in [0.5, 0.6) is 0 Å². The van der Waals surface area contributed by atoms with Gasteiger partial charge in [-0.25, -0.2) is 0 Å². The SMILES string of the molecule is CCc1nnc2n1CC(C)(C(C)C)CNC2. The van der Waals surface area contributed by atoms with Gasteiger partial charge in [-0.15, -0.1) is 10.2 Å². The number of nitrogens with one attached hydrogen (secondary N) is 1. The van der Waals surface area contributed by atoms with Gasteiger partial charge < -0.3 is 9.88 Å². The van der Waals surface area contributed by atoms with Crippen LogP contribution in [0.2, 0.25) is 0 Å². The summed E-state index contributed by atoms with van der Waals surface area (Å²) in [5.41, 5.74) is 0.289. The van der Waals surface area contributed by atoms with Crippen molar-refractivity contribution < 1.29 is 0 Å². The summed E-state index contributed by atoms with van der Waals surface area (Å²) < 4.78 is 2.31. The van der Waals surface area contributed by atoms with Crippen molar-refractivity contribution in [3.8, 4) is 0 Å². The number of hydrogen-bond acceptors (Lipinski definition) is 3. The van der Waals surface area contributed by atoms with E-state index in [1.807, 2.05) is 0 Å². The Hall–Kier alpha value is -0.900. The average Bonchev–Trinajstić information content (AvgIpc) is 2.52. The maximum Gasteiger partial charge on any atom is 0.147 e. The summed E-state index contributed by atoms with van der Waals surface area (Å²) in [7, 11) is 0. The molecule has 0 bridgehead atoms. The quantitative estimate of drug-likeness (QED) is 0.826. The van der Waals surface area contributed by atoms with Gasteiger partial charge in [-0.3, -0.25) is 0 Å². The molecule has 0 aromatic carbocycles. The van der Waals surface area contributed by atoms with Crippen molar-refractivity contribution in [2.75, 3.05) is 6.54 Å². The Bertz CT molecular complexity index is 369. The van der Waals surface area contributed by atoms with Crippen LogP contribution in [0.25, 0.3) is 0 Å². The van der Waals surface area contributed by atoms with E-state index in [1.165, 1.54) is 0 Å². The van der Waals surface area contributed by atoms with E-state index < -0.39 is 0 Å². The number of aryl methyl sites for hydroxylation is 1. The topological polar surface area (TPSA) is 42.7 Å². The Balaban J connectivity index is 2.35. The van der Waals surface area contributed by atoms with Gasteiger partial charge in [0.05, 0.1) is 6.54 Å². The number of rotatable bonds is 2. The molecule has 1 atom stereocenters. The van der Waals surface area contributed by atoms with Crippen LogP contribution in [-0.2, 0) is 19.5 Å². The summed E-state index contributed by atoms with van der Waals surface area (Å²) in [5, 5.41) is 12.0. The Morgan fingerprint density at radius 2 is 2.19 bits per heavy atom. The lowest BCUT2D eigenvalue weighted by Crippen LogP contribution is -2.37. The molecule has 90 valence electrons.